The molecule has 3 aromatic rings. The molecule has 1 aromatic carbocycles. The average molecular weight is 412 g/mol. The summed E-state index contributed by atoms with van der Waals surface area (Å²) in [6.07, 6.45) is 4.52. The summed E-state index contributed by atoms with van der Waals surface area (Å²) in [7, 11) is 3.13. The van der Waals surface area contributed by atoms with E-state index >= 15 is 0 Å². The minimum absolute atomic E-state index is 0.0552. The molecule has 1 aliphatic carbocycles. The van der Waals surface area contributed by atoms with E-state index in [-0.39, 0.29) is 24.1 Å². The Kier molecular flexibility index (Phi) is 5.40. The van der Waals surface area contributed by atoms with E-state index in [4.69, 9.17) is 9.47 Å². The summed E-state index contributed by atoms with van der Waals surface area (Å²) in [5.41, 5.74) is 1.63. The molecule has 1 aliphatic rings. The number of aryl methyl sites for hydroxylation is 1. The van der Waals surface area contributed by atoms with E-state index in [0.717, 1.165) is 30.2 Å². The zero-order valence-corrected chi connectivity index (χ0v) is 17.9. The number of hydrogen-bond donors (Lipinski definition) is 1. The molecule has 30 heavy (non-hydrogen) atoms. The Hall–Kier alpha value is -3.03. The quantitative estimate of drug-likeness (QED) is 0.696. The van der Waals surface area contributed by atoms with Crippen LogP contribution in [-0.4, -0.2) is 40.3 Å². The summed E-state index contributed by atoms with van der Waals surface area (Å²) in [4.78, 5) is 29.3. The molecule has 8 heteroatoms. The van der Waals surface area contributed by atoms with Crippen molar-refractivity contribution < 1.29 is 14.3 Å². The Bertz CT molecular complexity index is 1160. The summed E-state index contributed by atoms with van der Waals surface area (Å²) >= 11 is 0. The molecule has 0 spiro atoms. The van der Waals surface area contributed by atoms with Gasteiger partial charge in [0.25, 0.3) is 5.56 Å². The molecule has 0 radical (unpaired) electrons. The zero-order valence-electron chi connectivity index (χ0n) is 17.9. The molecular formula is C22H28N4O4. The molecule has 4 rings (SSSR count). The molecular weight excluding hydrogens is 384 g/mol. The van der Waals surface area contributed by atoms with Gasteiger partial charge in [0, 0.05) is 29.3 Å². The molecule has 1 amide bonds. The third kappa shape index (κ3) is 3.51. The van der Waals surface area contributed by atoms with Crippen molar-refractivity contribution in [2.45, 2.75) is 52.1 Å². The van der Waals surface area contributed by atoms with Gasteiger partial charge >= 0.3 is 0 Å². The molecule has 2 aromatic heterocycles. The Balaban J connectivity index is 1.82. The van der Waals surface area contributed by atoms with Crippen molar-refractivity contribution in [1.82, 2.24) is 19.5 Å². The van der Waals surface area contributed by atoms with E-state index < -0.39 is 0 Å². The number of nitrogens with one attached hydrogen (secondary N) is 1. The van der Waals surface area contributed by atoms with Crippen molar-refractivity contribution >= 4 is 22.5 Å². The zero-order chi connectivity index (χ0) is 21.4. The third-order valence-electron chi connectivity index (χ3n) is 6.10. The van der Waals surface area contributed by atoms with Gasteiger partial charge in [-0.25, -0.2) is 4.52 Å². The number of aromatic nitrogens is 3. The Labute approximate surface area is 174 Å². The minimum Gasteiger partial charge on any atom is -0.493 e. The molecule has 1 N–H and O–H groups in total. The van der Waals surface area contributed by atoms with Gasteiger partial charge in [0.2, 0.25) is 5.91 Å². The fraction of sp³-hybridized carbons (Fsp3) is 0.500. The lowest BCUT2D eigenvalue weighted by molar-refractivity contribution is -0.123. The van der Waals surface area contributed by atoms with Gasteiger partial charge in [-0.1, -0.05) is 19.8 Å². The van der Waals surface area contributed by atoms with Crippen molar-refractivity contribution in [3.63, 3.8) is 0 Å². The van der Waals surface area contributed by atoms with Crippen molar-refractivity contribution in [2.75, 3.05) is 14.2 Å². The van der Waals surface area contributed by atoms with Gasteiger partial charge in [-0.3, -0.25) is 14.3 Å². The summed E-state index contributed by atoms with van der Waals surface area (Å²) in [5, 5.41) is 3.94. The first kappa shape index (κ1) is 20.3. The maximum Gasteiger partial charge on any atom is 0.273 e. The Morgan fingerprint density at radius 1 is 1.17 bits per heavy atom. The highest BCUT2D eigenvalue weighted by Crippen LogP contribution is 2.34. The number of benzene rings is 1. The number of fused-ring (bicyclic) bond motifs is 3. The minimum atomic E-state index is -0.318. The first-order valence-corrected chi connectivity index (χ1v) is 10.4. The highest BCUT2D eigenvalue weighted by molar-refractivity contribution is 5.96. The molecule has 8 nitrogen and oxygen atoms in total. The predicted molar refractivity (Wildman–Crippen MR) is 114 cm³/mol. The van der Waals surface area contributed by atoms with Crippen LogP contribution in [0.1, 0.15) is 38.3 Å². The molecule has 0 bridgehead atoms. The average Bonchev–Trinajstić information content (AvgIpc) is 3.01. The van der Waals surface area contributed by atoms with E-state index in [1.807, 2.05) is 22.2 Å². The lowest BCUT2D eigenvalue weighted by Gasteiger charge is -2.29. The van der Waals surface area contributed by atoms with Gasteiger partial charge < -0.3 is 14.8 Å². The summed E-state index contributed by atoms with van der Waals surface area (Å²) < 4.78 is 14.5. The highest BCUT2D eigenvalue weighted by Gasteiger charge is 2.24. The topological polar surface area (TPSA) is 86.9 Å². The van der Waals surface area contributed by atoms with E-state index in [1.165, 1.54) is 12.5 Å². The number of carbonyl (C=O) groups is 1. The molecule has 0 saturated heterocycles. The third-order valence-corrected chi connectivity index (χ3v) is 6.10. The van der Waals surface area contributed by atoms with Crippen molar-refractivity contribution in [3.8, 4) is 11.5 Å². The highest BCUT2D eigenvalue weighted by atomic mass is 16.5. The van der Waals surface area contributed by atoms with Crippen LogP contribution in [0.5, 0.6) is 11.5 Å². The summed E-state index contributed by atoms with van der Waals surface area (Å²) in [6, 6.07) is 5.29. The number of ether oxygens (including phenoxy) is 2. The van der Waals surface area contributed by atoms with Crippen LogP contribution >= 0.6 is 0 Å². The van der Waals surface area contributed by atoms with E-state index in [0.29, 0.717) is 28.8 Å². The van der Waals surface area contributed by atoms with Crippen molar-refractivity contribution in [1.29, 1.82) is 0 Å². The Morgan fingerprint density at radius 2 is 1.87 bits per heavy atom. The molecule has 0 unspecified atom stereocenters. The molecule has 160 valence electrons. The number of carbonyl (C=O) groups excluding carboxylic acids is 1. The van der Waals surface area contributed by atoms with Gasteiger partial charge in [0.1, 0.15) is 6.54 Å². The van der Waals surface area contributed by atoms with Crippen LogP contribution in [0.2, 0.25) is 0 Å². The van der Waals surface area contributed by atoms with E-state index in [9.17, 15) is 9.59 Å². The number of nitrogens with zero attached hydrogens (tertiary/aromatic N) is 3. The first-order valence-electron chi connectivity index (χ1n) is 10.4. The SMILES string of the molecule is COc1cc2c(cc1OC)n(CC(=O)N[C@@H]1CCCC[C@H]1C)n1c(C)cc(=O)nc21. The molecule has 2 atom stereocenters. The van der Waals surface area contributed by atoms with Crippen LogP contribution in [0, 0.1) is 12.8 Å². The summed E-state index contributed by atoms with van der Waals surface area (Å²) in [5.74, 6) is 1.52. The fourth-order valence-corrected chi connectivity index (χ4v) is 4.51. The van der Waals surface area contributed by atoms with Gasteiger partial charge in [0.15, 0.2) is 17.1 Å². The Morgan fingerprint density at radius 3 is 2.57 bits per heavy atom. The first-order chi connectivity index (χ1) is 14.4. The van der Waals surface area contributed by atoms with Gasteiger partial charge in [-0.2, -0.15) is 4.98 Å². The number of methoxy groups -OCH3 is 2. The monoisotopic (exact) mass is 412 g/mol. The fourth-order valence-electron chi connectivity index (χ4n) is 4.51. The van der Waals surface area contributed by atoms with Crippen LogP contribution in [0.4, 0.5) is 0 Å². The maximum absolute atomic E-state index is 13.0. The van der Waals surface area contributed by atoms with E-state index in [1.54, 1.807) is 20.3 Å². The summed E-state index contributed by atoms with van der Waals surface area (Å²) in [6.45, 7) is 4.14. The van der Waals surface area contributed by atoms with Crippen LogP contribution in [0.15, 0.2) is 23.0 Å². The van der Waals surface area contributed by atoms with Crippen LogP contribution < -0.4 is 20.3 Å². The van der Waals surface area contributed by atoms with Gasteiger partial charge in [0.05, 0.1) is 19.7 Å². The van der Waals surface area contributed by atoms with Gasteiger partial charge in [-0.05, 0) is 31.7 Å². The standard InChI is InChI=1S/C22H28N4O4/c1-13-7-5-6-8-16(13)23-21(28)12-25-17-11-19(30-4)18(29-3)10-15(17)22-24-20(27)9-14(2)26(22)25/h9-11,13,16H,5-8,12H2,1-4H3,(H,23,28)/t13-,16-/m1/s1. The van der Waals surface area contributed by atoms with Crippen molar-refractivity contribution in [3.05, 3.63) is 34.2 Å². The van der Waals surface area contributed by atoms with Gasteiger partial charge in [-0.15, -0.1) is 0 Å². The van der Waals surface area contributed by atoms with Crippen LogP contribution in [0.25, 0.3) is 16.6 Å². The van der Waals surface area contributed by atoms with Crippen LogP contribution in [-0.2, 0) is 11.3 Å². The molecule has 1 fully saturated rings. The maximum atomic E-state index is 13.0. The second-order valence-electron chi connectivity index (χ2n) is 8.09. The largest absolute Gasteiger partial charge is 0.493 e. The number of rotatable bonds is 5. The second kappa shape index (κ2) is 8.01. The second-order valence-corrected chi connectivity index (χ2v) is 8.09. The predicted octanol–water partition coefficient (Wildman–Crippen LogP) is 2.67. The smallest absolute Gasteiger partial charge is 0.273 e. The lowest BCUT2D eigenvalue weighted by atomic mass is 9.86. The lowest BCUT2D eigenvalue weighted by Crippen LogP contribution is -2.42. The number of amides is 1. The molecule has 0 aliphatic heterocycles. The normalized spacial score (nSPS) is 19.2. The number of hydrogen-bond acceptors (Lipinski definition) is 5. The van der Waals surface area contributed by atoms with Crippen LogP contribution in [0.3, 0.4) is 0 Å². The van der Waals surface area contributed by atoms with E-state index in [2.05, 4.69) is 17.2 Å². The van der Waals surface area contributed by atoms with Crippen molar-refractivity contribution in [2.24, 2.45) is 5.92 Å². The molecule has 1 saturated carbocycles. The molecule has 2 heterocycles.